The maximum Gasteiger partial charge on any atom is 0.508 e. The Labute approximate surface area is 69.6 Å². The molecule has 0 amide bonds. The Balaban J connectivity index is 0.000000202. The molecule has 0 atom stereocenters. The van der Waals surface area contributed by atoms with Gasteiger partial charge in [-0.05, 0) is 6.92 Å². The van der Waals surface area contributed by atoms with Crippen LogP contribution in [-0.2, 0) is 14.3 Å². The molecular weight excluding hydrogens is 164 g/mol. The average Bonchev–Trinajstić information content (AvgIpc) is 2.40. The number of carbonyl (C=O) groups excluding carboxylic acids is 1. The van der Waals surface area contributed by atoms with E-state index in [4.69, 9.17) is 5.11 Å². The normalized spacial score (nSPS) is 14.6. The van der Waals surface area contributed by atoms with Crippen molar-refractivity contribution < 1.29 is 24.2 Å². The minimum Gasteiger partial charge on any atom is -0.478 e. The van der Waals surface area contributed by atoms with Crippen molar-refractivity contribution in [1.82, 2.24) is 0 Å². The summed E-state index contributed by atoms with van der Waals surface area (Å²) in [4.78, 5) is 19.3. The molecule has 68 valence electrons. The van der Waals surface area contributed by atoms with Crippen LogP contribution in [-0.4, -0.2) is 30.4 Å². The number of cyclic esters (lactones) is 2. The lowest BCUT2D eigenvalue weighted by Gasteiger charge is -1.78. The third-order valence-corrected chi connectivity index (χ3v) is 0.832. The fourth-order valence-electron chi connectivity index (χ4n) is 0.434. The van der Waals surface area contributed by atoms with Crippen molar-refractivity contribution in [3.8, 4) is 0 Å². The molecule has 0 radical (unpaired) electrons. The number of hydrogen-bond donors (Lipinski definition) is 1. The Morgan fingerprint density at radius 3 is 2.08 bits per heavy atom. The minimum absolute atomic E-state index is 0.416. The van der Waals surface area contributed by atoms with Crippen LogP contribution in [0.15, 0.2) is 12.2 Å². The summed E-state index contributed by atoms with van der Waals surface area (Å²) in [5.74, 6) is -0.891. The van der Waals surface area contributed by atoms with Crippen molar-refractivity contribution in [2.45, 2.75) is 6.92 Å². The Kier molecular flexibility index (Phi) is 5.42. The van der Waals surface area contributed by atoms with E-state index < -0.39 is 12.1 Å². The van der Waals surface area contributed by atoms with Gasteiger partial charge in [-0.15, -0.1) is 0 Å². The van der Waals surface area contributed by atoms with Gasteiger partial charge in [0.15, 0.2) is 0 Å². The van der Waals surface area contributed by atoms with Crippen molar-refractivity contribution in [1.29, 1.82) is 0 Å². The lowest BCUT2D eigenvalue weighted by molar-refractivity contribution is -0.131. The lowest BCUT2D eigenvalue weighted by atomic mass is 10.5. The van der Waals surface area contributed by atoms with Gasteiger partial charge in [-0.25, -0.2) is 9.59 Å². The Hall–Kier alpha value is -1.52. The van der Waals surface area contributed by atoms with Gasteiger partial charge in [0, 0.05) is 6.08 Å². The quantitative estimate of drug-likeness (QED) is 0.470. The van der Waals surface area contributed by atoms with Gasteiger partial charge < -0.3 is 14.6 Å². The van der Waals surface area contributed by atoms with Crippen molar-refractivity contribution in [3.05, 3.63) is 12.2 Å². The number of allylic oxidation sites excluding steroid dienone is 1. The summed E-state index contributed by atoms with van der Waals surface area (Å²) in [5, 5.41) is 7.83. The third kappa shape index (κ3) is 6.60. The van der Waals surface area contributed by atoms with Gasteiger partial charge in [0.05, 0.1) is 0 Å². The van der Waals surface area contributed by atoms with Crippen LogP contribution in [0.25, 0.3) is 0 Å². The molecule has 1 rings (SSSR count). The molecule has 0 aliphatic carbocycles. The third-order valence-electron chi connectivity index (χ3n) is 0.832. The molecule has 0 bridgehead atoms. The van der Waals surface area contributed by atoms with E-state index in [-0.39, 0.29) is 0 Å². The maximum atomic E-state index is 9.80. The molecule has 0 saturated carbocycles. The predicted octanol–water partition coefficient (Wildman–Crippen LogP) is 0.800. The predicted molar refractivity (Wildman–Crippen MR) is 39.7 cm³/mol. The molecule has 0 spiro atoms. The molecule has 0 aromatic rings. The fraction of sp³-hybridized carbons (Fsp3) is 0.429. The largest absolute Gasteiger partial charge is 0.508 e. The zero-order valence-corrected chi connectivity index (χ0v) is 6.65. The highest BCUT2D eigenvalue weighted by Crippen LogP contribution is 1.92. The highest BCUT2D eigenvalue weighted by molar-refractivity contribution is 5.79. The van der Waals surface area contributed by atoms with Crippen LogP contribution in [0.1, 0.15) is 6.92 Å². The van der Waals surface area contributed by atoms with Crippen molar-refractivity contribution in [2.75, 3.05) is 13.2 Å². The van der Waals surface area contributed by atoms with E-state index in [0.717, 1.165) is 6.08 Å². The summed E-state index contributed by atoms with van der Waals surface area (Å²) in [6.45, 7) is 2.49. The zero-order valence-electron chi connectivity index (χ0n) is 6.65. The van der Waals surface area contributed by atoms with Gasteiger partial charge in [-0.3, -0.25) is 0 Å². The van der Waals surface area contributed by atoms with E-state index in [2.05, 4.69) is 9.47 Å². The van der Waals surface area contributed by atoms with Gasteiger partial charge in [0.2, 0.25) is 0 Å². The van der Waals surface area contributed by atoms with E-state index in [1.807, 2.05) is 0 Å². The highest BCUT2D eigenvalue weighted by atomic mass is 16.8. The van der Waals surface area contributed by atoms with Crippen LogP contribution in [0.5, 0.6) is 0 Å². The van der Waals surface area contributed by atoms with Crippen LogP contribution in [0.4, 0.5) is 4.79 Å². The Morgan fingerprint density at radius 1 is 1.50 bits per heavy atom. The summed E-state index contributed by atoms with van der Waals surface area (Å²) in [7, 11) is 0. The van der Waals surface area contributed by atoms with Crippen molar-refractivity contribution in [2.24, 2.45) is 0 Å². The summed E-state index contributed by atoms with van der Waals surface area (Å²) in [5.41, 5.74) is 0. The molecule has 0 aromatic carbocycles. The molecule has 1 saturated heterocycles. The highest BCUT2D eigenvalue weighted by Gasteiger charge is 2.09. The van der Waals surface area contributed by atoms with Crippen molar-refractivity contribution >= 4 is 12.1 Å². The molecule has 1 heterocycles. The Morgan fingerprint density at radius 2 is 2.00 bits per heavy atom. The first-order valence-corrected chi connectivity index (χ1v) is 3.32. The summed E-state index contributed by atoms with van der Waals surface area (Å²) in [6.07, 6.45) is 2.01. The maximum absolute atomic E-state index is 9.80. The van der Waals surface area contributed by atoms with Crippen LogP contribution in [0.3, 0.4) is 0 Å². The molecule has 0 aromatic heterocycles. The summed E-state index contributed by atoms with van der Waals surface area (Å²) >= 11 is 0. The van der Waals surface area contributed by atoms with E-state index in [0.29, 0.717) is 13.2 Å². The van der Waals surface area contributed by atoms with Crippen LogP contribution >= 0.6 is 0 Å². The number of ether oxygens (including phenoxy) is 2. The van der Waals surface area contributed by atoms with E-state index >= 15 is 0 Å². The smallest absolute Gasteiger partial charge is 0.478 e. The SMILES string of the molecule is CC=CC(=O)O.O=C1OCCO1. The lowest BCUT2D eigenvalue weighted by Crippen LogP contribution is -1.88. The number of aliphatic carboxylic acids is 1. The molecule has 5 heteroatoms. The van der Waals surface area contributed by atoms with Gasteiger partial charge >= 0.3 is 12.1 Å². The molecule has 1 aliphatic rings. The molecule has 1 aliphatic heterocycles. The topological polar surface area (TPSA) is 72.8 Å². The van der Waals surface area contributed by atoms with Crippen molar-refractivity contribution in [3.63, 3.8) is 0 Å². The zero-order chi connectivity index (χ0) is 9.40. The van der Waals surface area contributed by atoms with Gasteiger partial charge in [0.25, 0.3) is 0 Å². The number of carboxylic acids is 1. The van der Waals surface area contributed by atoms with E-state index in [1.165, 1.54) is 6.08 Å². The molecule has 1 fully saturated rings. The first-order chi connectivity index (χ1) is 5.66. The van der Waals surface area contributed by atoms with Crippen LogP contribution in [0.2, 0.25) is 0 Å². The fourth-order valence-corrected chi connectivity index (χ4v) is 0.434. The summed E-state index contributed by atoms with van der Waals surface area (Å²) < 4.78 is 8.58. The number of carbonyl (C=O) groups is 2. The van der Waals surface area contributed by atoms with Crippen LogP contribution in [0, 0.1) is 0 Å². The van der Waals surface area contributed by atoms with E-state index in [9.17, 15) is 9.59 Å². The van der Waals surface area contributed by atoms with Gasteiger partial charge in [-0.2, -0.15) is 0 Å². The first kappa shape index (κ1) is 10.5. The second kappa shape index (κ2) is 6.21. The molecule has 1 N–H and O–H groups in total. The number of hydrogen-bond acceptors (Lipinski definition) is 4. The summed E-state index contributed by atoms with van der Waals surface area (Å²) in [6, 6.07) is 0. The standard InChI is InChI=1S/C4H6O2.C3H4O3/c1-2-3-4(5)6;4-3-5-1-2-6-3/h2-3H,1H3,(H,5,6);1-2H2. The monoisotopic (exact) mass is 174 g/mol. The average molecular weight is 174 g/mol. The molecule has 12 heavy (non-hydrogen) atoms. The van der Waals surface area contributed by atoms with E-state index in [1.54, 1.807) is 6.92 Å². The second-order valence-electron chi connectivity index (χ2n) is 1.79. The van der Waals surface area contributed by atoms with Gasteiger partial charge in [0.1, 0.15) is 13.2 Å². The van der Waals surface area contributed by atoms with Crippen LogP contribution < -0.4 is 0 Å². The minimum atomic E-state index is -0.891. The second-order valence-corrected chi connectivity index (χ2v) is 1.79. The number of rotatable bonds is 1. The molecule has 0 unspecified atom stereocenters. The van der Waals surface area contributed by atoms with Gasteiger partial charge in [-0.1, -0.05) is 6.08 Å². The Bertz CT molecular complexity index is 176. The number of carboxylic acid groups (broad SMARTS) is 1. The molecular formula is C7H10O5. The molecule has 5 nitrogen and oxygen atoms in total. The first-order valence-electron chi connectivity index (χ1n) is 3.32.